The third-order valence-electron chi connectivity index (χ3n) is 6.04. The highest BCUT2D eigenvalue weighted by Gasteiger charge is 2.31. The Morgan fingerprint density at radius 3 is 2.53 bits per heavy atom. The molecule has 0 spiro atoms. The van der Waals surface area contributed by atoms with Crippen LogP contribution in [-0.2, 0) is 10.9 Å². The van der Waals surface area contributed by atoms with Gasteiger partial charge in [0.1, 0.15) is 17.2 Å². The van der Waals surface area contributed by atoms with E-state index in [0.29, 0.717) is 53.3 Å². The summed E-state index contributed by atoms with van der Waals surface area (Å²) in [4.78, 5) is 27.6. The first-order valence-corrected chi connectivity index (χ1v) is 12.3. The van der Waals surface area contributed by atoms with Crippen LogP contribution in [0.3, 0.4) is 0 Å². The maximum absolute atomic E-state index is 13.3. The lowest BCUT2D eigenvalue weighted by Crippen LogP contribution is -2.39. The van der Waals surface area contributed by atoms with Crippen LogP contribution >= 0.6 is 0 Å². The van der Waals surface area contributed by atoms with E-state index < -0.39 is 23.4 Å². The Kier molecular flexibility index (Phi) is 7.22. The van der Waals surface area contributed by atoms with Gasteiger partial charge in [-0.25, -0.2) is 14.8 Å². The van der Waals surface area contributed by atoms with E-state index >= 15 is 0 Å². The number of hydrogen-bond acceptors (Lipinski definition) is 7. The molecule has 0 unspecified atom stereocenters. The maximum Gasteiger partial charge on any atom is 0.416 e. The van der Waals surface area contributed by atoms with E-state index in [4.69, 9.17) is 10.5 Å². The Hall–Kier alpha value is -3.89. The Bertz CT molecular complexity index is 1400. The number of benzene rings is 1. The highest BCUT2D eigenvalue weighted by atomic mass is 19.4. The molecule has 11 heteroatoms. The summed E-state index contributed by atoms with van der Waals surface area (Å²) in [6.45, 7) is 9.85. The van der Waals surface area contributed by atoms with Crippen LogP contribution in [0.5, 0.6) is 0 Å². The molecular formula is C27H31F3N6O2. The van der Waals surface area contributed by atoms with E-state index in [-0.39, 0.29) is 11.8 Å². The number of hydrogen-bond donors (Lipinski definition) is 2. The second-order valence-corrected chi connectivity index (χ2v) is 10.4. The summed E-state index contributed by atoms with van der Waals surface area (Å²) in [5, 5.41) is 3.91. The molecule has 0 aliphatic carbocycles. The minimum atomic E-state index is -4.50. The first-order valence-electron chi connectivity index (χ1n) is 12.3. The Balaban J connectivity index is 1.61. The fourth-order valence-electron chi connectivity index (χ4n) is 4.21. The van der Waals surface area contributed by atoms with Gasteiger partial charge in [-0.15, -0.1) is 0 Å². The number of ether oxygens (including phenoxy) is 1. The summed E-state index contributed by atoms with van der Waals surface area (Å²) in [5.74, 6) is 0.974. The Morgan fingerprint density at radius 1 is 1.16 bits per heavy atom. The van der Waals surface area contributed by atoms with Gasteiger partial charge in [0.2, 0.25) is 0 Å². The number of anilines is 2. The fraction of sp³-hybridized carbons (Fsp3) is 0.407. The van der Waals surface area contributed by atoms with Crippen molar-refractivity contribution in [2.24, 2.45) is 0 Å². The van der Waals surface area contributed by atoms with Crippen LogP contribution in [-0.4, -0.2) is 44.6 Å². The topological polar surface area (TPSA) is 106 Å². The van der Waals surface area contributed by atoms with Gasteiger partial charge in [-0.2, -0.15) is 13.2 Å². The molecular weight excluding hydrogens is 497 g/mol. The Labute approximate surface area is 219 Å². The minimum absolute atomic E-state index is 0.0309. The molecule has 38 heavy (non-hydrogen) atoms. The monoisotopic (exact) mass is 528 g/mol. The molecule has 3 aromatic rings. The summed E-state index contributed by atoms with van der Waals surface area (Å²) < 4.78 is 45.4. The van der Waals surface area contributed by atoms with E-state index in [1.54, 1.807) is 24.9 Å². The molecule has 0 radical (unpaired) electrons. The number of aryl methyl sites for hydroxylation is 1. The van der Waals surface area contributed by atoms with Crippen molar-refractivity contribution in [2.45, 2.75) is 58.9 Å². The minimum Gasteiger partial charge on any atom is -0.444 e. The van der Waals surface area contributed by atoms with E-state index in [1.165, 1.54) is 6.07 Å². The predicted octanol–water partition coefficient (Wildman–Crippen LogP) is 6.13. The number of fused-ring (bicyclic) bond motifs is 1. The van der Waals surface area contributed by atoms with Crippen molar-refractivity contribution in [3.8, 4) is 0 Å². The number of alkyl halides is 3. The van der Waals surface area contributed by atoms with E-state index in [9.17, 15) is 18.0 Å². The molecule has 0 fully saturated rings. The predicted molar refractivity (Wildman–Crippen MR) is 140 cm³/mol. The second-order valence-electron chi connectivity index (χ2n) is 10.4. The van der Waals surface area contributed by atoms with Crippen molar-refractivity contribution >= 4 is 34.1 Å². The fourth-order valence-corrected chi connectivity index (χ4v) is 4.21. The molecule has 1 amide bonds. The van der Waals surface area contributed by atoms with E-state index in [0.717, 1.165) is 17.7 Å². The summed E-state index contributed by atoms with van der Waals surface area (Å²) in [6.07, 6.45) is -0.683. The van der Waals surface area contributed by atoms with Gasteiger partial charge in [0, 0.05) is 24.2 Å². The molecule has 3 heterocycles. The van der Waals surface area contributed by atoms with Crippen LogP contribution in [0, 0.1) is 6.92 Å². The highest BCUT2D eigenvalue weighted by molar-refractivity contribution is 5.91. The van der Waals surface area contributed by atoms with Crippen LogP contribution in [0.2, 0.25) is 0 Å². The van der Waals surface area contributed by atoms with Crippen LogP contribution < -0.4 is 11.1 Å². The number of pyridine rings is 1. The average Bonchev–Trinajstić information content (AvgIpc) is 2.82. The number of amides is 1. The zero-order valence-corrected chi connectivity index (χ0v) is 22.0. The molecule has 202 valence electrons. The van der Waals surface area contributed by atoms with Gasteiger partial charge in [-0.3, -0.25) is 4.98 Å². The van der Waals surface area contributed by atoms with Gasteiger partial charge < -0.3 is 20.7 Å². The molecule has 1 aromatic carbocycles. The summed E-state index contributed by atoms with van der Waals surface area (Å²) in [6, 6.07) is 4.85. The standard InChI is InChI=1S/C27H31F3N6O2/c1-15(18-10-19(27(28,29)30)12-20(31)11-18)33-24-21-13-22(32-14-23(21)34-16(2)35-24)17-6-8-36(9-7-17)25(37)38-26(3,4)5/h6,10-15H,7-9,31H2,1-5H3,(H,33,34,35)/t15-/m1/s1. The molecule has 0 saturated heterocycles. The molecule has 0 bridgehead atoms. The van der Waals surface area contributed by atoms with E-state index in [1.807, 2.05) is 32.9 Å². The van der Waals surface area contributed by atoms with Crippen molar-refractivity contribution in [2.75, 3.05) is 24.1 Å². The Morgan fingerprint density at radius 2 is 1.89 bits per heavy atom. The molecule has 8 nitrogen and oxygen atoms in total. The lowest BCUT2D eigenvalue weighted by molar-refractivity contribution is -0.137. The van der Waals surface area contributed by atoms with Crippen LogP contribution in [0.1, 0.15) is 62.8 Å². The largest absolute Gasteiger partial charge is 0.444 e. The molecule has 3 N–H and O–H groups in total. The molecule has 1 aliphatic rings. The van der Waals surface area contributed by atoms with Crippen molar-refractivity contribution < 1.29 is 22.7 Å². The van der Waals surface area contributed by atoms with Gasteiger partial charge >= 0.3 is 12.3 Å². The highest BCUT2D eigenvalue weighted by Crippen LogP contribution is 2.34. The van der Waals surface area contributed by atoms with Crippen molar-refractivity contribution in [1.29, 1.82) is 0 Å². The van der Waals surface area contributed by atoms with E-state index in [2.05, 4.69) is 20.3 Å². The molecule has 0 saturated carbocycles. The van der Waals surface area contributed by atoms with Gasteiger partial charge in [0.05, 0.1) is 29.0 Å². The number of halogens is 3. The lowest BCUT2D eigenvalue weighted by Gasteiger charge is -2.29. The van der Waals surface area contributed by atoms with Gasteiger partial charge in [0.15, 0.2) is 0 Å². The van der Waals surface area contributed by atoms with Gasteiger partial charge in [-0.1, -0.05) is 6.08 Å². The number of nitrogens with one attached hydrogen (secondary N) is 1. The quantitative estimate of drug-likeness (QED) is 0.392. The number of aromatic nitrogens is 3. The summed E-state index contributed by atoms with van der Waals surface area (Å²) >= 11 is 0. The second kappa shape index (κ2) is 10.1. The average molecular weight is 529 g/mol. The summed E-state index contributed by atoms with van der Waals surface area (Å²) in [7, 11) is 0. The molecule has 1 atom stereocenters. The number of nitrogens with zero attached hydrogens (tertiary/aromatic N) is 4. The first-order chi connectivity index (χ1) is 17.7. The number of rotatable bonds is 4. The number of nitrogens with two attached hydrogens (primary N) is 1. The SMILES string of the molecule is Cc1nc(N[C@H](C)c2cc(N)cc(C(F)(F)F)c2)c2cc(C3=CCN(C(=O)OC(C)(C)C)CC3)ncc2n1. The van der Waals surface area contributed by atoms with Crippen LogP contribution in [0.4, 0.5) is 29.5 Å². The van der Waals surface area contributed by atoms with Crippen molar-refractivity contribution in [1.82, 2.24) is 19.9 Å². The van der Waals surface area contributed by atoms with Crippen molar-refractivity contribution in [3.63, 3.8) is 0 Å². The zero-order valence-electron chi connectivity index (χ0n) is 22.0. The number of nitrogen functional groups attached to an aromatic ring is 1. The molecule has 1 aliphatic heterocycles. The summed E-state index contributed by atoms with van der Waals surface area (Å²) in [5.41, 5.74) is 7.09. The maximum atomic E-state index is 13.3. The molecule has 4 rings (SSSR count). The third-order valence-corrected chi connectivity index (χ3v) is 6.04. The zero-order chi connectivity index (χ0) is 27.8. The third kappa shape index (κ3) is 6.32. The normalized spacial score (nSPS) is 15.3. The van der Waals surface area contributed by atoms with Crippen LogP contribution in [0.25, 0.3) is 16.5 Å². The molecule has 2 aromatic heterocycles. The number of carbonyl (C=O) groups is 1. The van der Waals surface area contributed by atoms with Crippen LogP contribution in [0.15, 0.2) is 36.5 Å². The van der Waals surface area contributed by atoms with Gasteiger partial charge in [-0.05, 0) is 76.4 Å². The first kappa shape index (κ1) is 27.2. The lowest BCUT2D eigenvalue weighted by atomic mass is 10.0. The number of carbonyl (C=O) groups excluding carboxylic acids is 1. The van der Waals surface area contributed by atoms with Crippen molar-refractivity contribution in [3.05, 3.63) is 59.2 Å². The van der Waals surface area contributed by atoms with Gasteiger partial charge in [0.25, 0.3) is 0 Å². The smallest absolute Gasteiger partial charge is 0.416 e.